The molecule has 6 aromatic rings. The highest BCUT2D eigenvalue weighted by Gasteiger charge is 2.50. The number of fused-ring (bicyclic) bond motifs is 10. The summed E-state index contributed by atoms with van der Waals surface area (Å²) in [6.45, 7) is 48.3. The quantitative estimate of drug-likeness (QED) is 0.135. The smallest absolute Gasteiger partial charge is 0.0779 e. The Bertz CT molecular complexity index is 3110. The van der Waals surface area contributed by atoms with Crippen LogP contribution in [0.25, 0.3) is 55.9 Å². The average molecular weight is 899 g/mol. The van der Waals surface area contributed by atoms with Crippen LogP contribution in [0.3, 0.4) is 0 Å². The van der Waals surface area contributed by atoms with Crippen molar-refractivity contribution in [1.82, 2.24) is 18.7 Å². The minimum absolute atomic E-state index is 0.00374. The van der Waals surface area contributed by atoms with Gasteiger partial charge in [0.25, 0.3) is 0 Å². The minimum Gasteiger partial charge on any atom is -0.248 e. The summed E-state index contributed by atoms with van der Waals surface area (Å²) in [7, 11) is 0. The molecular weight excluding hydrogens is 825 g/mol. The summed E-state index contributed by atoms with van der Waals surface area (Å²) >= 11 is 0. The predicted octanol–water partition coefficient (Wildman–Crippen LogP) is 16.6. The molecule has 12 rings (SSSR count). The Kier molecular flexibility index (Phi) is 8.02. The largest absolute Gasteiger partial charge is 0.248 e. The van der Waals surface area contributed by atoms with Gasteiger partial charge in [0.1, 0.15) is 0 Å². The maximum atomic E-state index is 2.69. The molecule has 4 nitrogen and oxygen atoms in total. The molecule has 0 saturated carbocycles. The van der Waals surface area contributed by atoms with Crippen molar-refractivity contribution in [1.29, 1.82) is 0 Å². The molecule has 6 aromatic carbocycles. The van der Waals surface area contributed by atoms with Crippen molar-refractivity contribution in [2.24, 2.45) is 0 Å². The summed E-state index contributed by atoms with van der Waals surface area (Å²) in [4.78, 5) is 0. The van der Waals surface area contributed by atoms with Crippen LogP contribution in [0.2, 0.25) is 0 Å². The second-order valence-corrected chi connectivity index (χ2v) is 27.8. The van der Waals surface area contributed by atoms with Crippen LogP contribution in [0.1, 0.15) is 205 Å². The standard InChI is InChI=1S/C64H74N4/c1-57(2,3)35-21-25-47-39(29-35)61(13,14)43-33-44-55-51-52-54-45(63(17,18)40-30-36(58(4,5)6)22-26-48(40)66(54)65(47)53(43)51)34-46-56(52)68(50-28-24-38(60(10,11)12)32-42(50)64(46,19)20)67(55)49-27-23-37(59(7,8)9)31-41(49)62(44,15)16/h21-34H,1-20H3. The summed E-state index contributed by atoms with van der Waals surface area (Å²) in [6, 6.07) is 35.1. The van der Waals surface area contributed by atoms with Crippen LogP contribution in [-0.2, 0) is 43.3 Å². The Balaban J connectivity index is 1.41. The normalized spacial score (nSPS) is 17.9. The maximum absolute atomic E-state index is 2.69. The van der Waals surface area contributed by atoms with E-state index in [0.717, 1.165) is 0 Å². The number of hydrogen-bond acceptors (Lipinski definition) is 0. The molecule has 6 aliphatic rings. The van der Waals surface area contributed by atoms with Gasteiger partial charge in [-0.15, -0.1) is 0 Å². The van der Waals surface area contributed by atoms with Gasteiger partial charge in [-0.3, -0.25) is 0 Å². The van der Waals surface area contributed by atoms with Crippen molar-refractivity contribution in [2.45, 2.75) is 182 Å². The van der Waals surface area contributed by atoms with Crippen molar-refractivity contribution >= 4 is 22.1 Å². The third-order valence-corrected chi connectivity index (χ3v) is 17.8. The van der Waals surface area contributed by atoms with Crippen molar-refractivity contribution in [3.8, 4) is 33.9 Å². The zero-order valence-electron chi connectivity index (χ0n) is 44.9. The molecule has 6 heterocycles. The lowest BCUT2D eigenvalue weighted by Crippen LogP contribution is -2.41. The van der Waals surface area contributed by atoms with Crippen molar-refractivity contribution in [3.63, 3.8) is 0 Å². The lowest BCUT2D eigenvalue weighted by molar-refractivity contribution is 0.542. The van der Waals surface area contributed by atoms with Crippen LogP contribution in [0, 0.1) is 0 Å². The van der Waals surface area contributed by atoms with Crippen LogP contribution in [-0.4, -0.2) is 18.7 Å². The molecule has 0 bridgehead atoms. The van der Waals surface area contributed by atoms with E-state index in [9.17, 15) is 0 Å². The van der Waals surface area contributed by atoms with E-state index in [-0.39, 0.29) is 43.3 Å². The molecule has 6 aliphatic heterocycles. The van der Waals surface area contributed by atoms with E-state index in [1.807, 2.05) is 0 Å². The number of aromatic nitrogens is 4. The van der Waals surface area contributed by atoms with Gasteiger partial charge in [0, 0.05) is 32.8 Å². The second-order valence-electron chi connectivity index (χ2n) is 27.8. The molecule has 0 fully saturated rings. The third-order valence-electron chi connectivity index (χ3n) is 17.8. The summed E-state index contributed by atoms with van der Waals surface area (Å²) < 4.78 is 10.8. The van der Waals surface area contributed by atoms with Gasteiger partial charge in [-0.1, -0.05) is 187 Å². The summed E-state index contributed by atoms with van der Waals surface area (Å²) in [5, 5.41) is 0. The Labute approximate surface area is 406 Å². The van der Waals surface area contributed by atoms with E-state index < -0.39 is 0 Å². The van der Waals surface area contributed by atoms with Crippen LogP contribution < -0.4 is 0 Å². The minimum atomic E-state index is -0.308. The van der Waals surface area contributed by atoms with Crippen LogP contribution in [0.4, 0.5) is 0 Å². The van der Waals surface area contributed by atoms with E-state index in [1.54, 1.807) is 0 Å². The van der Waals surface area contributed by atoms with E-state index in [1.165, 1.54) is 123 Å². The van der Waals surface area contributed by atoms with E-state index >= 15 is 0 Å². The van der Waals surface area contributed by atoms with Gasteiger partial charge >= 0.3 is 0 Å². The molecule has 0 amide bonds. The fourth-order valence-electron chi connectivity index (χ4n) is 13.2. The maximum Gasteiger partial charge on any atom is 0.0779 e. The number of nitrogens with zero attached hydrogens (tertiary/aromatic N) is 4. The van der Waals surface area contributed by atoms with Gasteiger partial charge in [0.2, 0.25) is 0 Å². The first-order valence-electron chi connectivity index (χ1n) is 25.5. The van der Waals surface area contributed by atoms with E-state index in [2.05, 4.69) is 242 Å². The number of benzene rings is 6. The van der Waals surface area contributed by atoms with Crippen LogP contribution >= 0.6 is 0 Å². The van der Waals surface area contributed by atoms with Gasteiger partial charge in [0.05, 0.1) is 44.8 Å². The zero-order valence-corrected chi connectivity index (χ0v) is 44.9. The summed E-state index contributed by atoms with van der Waals surface area (Å²) in [6.07, 6.45) is 0. The molecule has 0 radical (unpaired) electrons. The summed E-state index contributed by atoms with van der Waals surface area (Å²) in [5.74, 6) is 0. The molecule has 4 heteroatoms. The van der Waals surface area contributed by atoms with Gasteiger partial charge in [-0.05, 0) is 125 Å². The van der Waals surface area contributed by atoms with E-state index in [4.69, 9.17) is 0 Å². The molecule has 0 spiro atoms. The fourth-order valence-corrected chi connectivity index (χ4v) is 13.2. The Morgan fingerprint density at radius 3 is 0.632 bits per heavy atom. The topological polar surface area (TPSA) is 19.7 Å². The lowest BCUT2D eigenvalue weighted by atomic mass is 9.64. The van der Waals surface area contributed by atoms with Crippen molar-refractivity contribution in [2.75, 3.05) is 0 Å². The SMILES string of the molecule is CC(C)(C)c1ccc2c(c1)C(C)(C)c1cc3c4c5c1n-2n1c2c(cc6c(c2-5)n(n4-c2ccc(C(C)(C)C)cc2C3(C)C)-c2ccc(C(C)(C)C)cc2C6(C)C)C(C)(C)c2cc(C(C)(C)C)ccc2-1. The molecule has 0 unspecified atom stereocenters. The summed E-state index contributed by atoms with van der Waals surface area (Å²) in [5.41, 5.74) is 28.5. The first kappa shape index (κ1) is 43.8. The molecule has 0 aliphatic carbocycles. The molecule has 0 N–H and O–H groups in total. The highest BCUT2D eigenvalue weighted by Crippen LogP contribution is 2.62. The highest BCUT2D eigenvalue weighted by atomic mass is 15.4. The first-order valence-corrected chi connectivity index (χ1v) is 25.5. The molecule has 0 aromatic heterocycles. The highest BCUT2D eigenvalue weighted by molar-refractivity contribution is 6.14. The van der Waals surface area contributed by atoms with Gasteiger partial charge in [-0.2, -0.15) is 0 Å². The Morgan fingerprint density at radius 2 is 0.456 bits per heavy atom. The fraction of sp³-hybridized carbons (Fsp3) is 0.438. The van der Waals surface area contributed by atoms with Crippen molar-refractivity contribution in [3.05, 3.63) is 152 Å². The van der Waals surface area contributed by atoms with Gasteiger partial charge in [-0.25, -0.2) is 18.7 Å². The predicted molar refractivity (Wildman–Crippen MR) is 288 cm³/mol. The lowest BCUT2D eigenvalue weighted by Gasteiger charge is -2.49. The van der Waals surface area contributed by atoms with Crippen LogP contribution in [0.15, 0.2) is 84.9 Å². The molecule has 0 saturated heterocycles. The van der Waals surface area contributed by atoms with Crippen molar-refractivity contribution < 1.29 is 0 Å². The Hall–Kier alpha value is -5.48. The molecule has 0 atom stereocenters. The first-order chi connectivity index (χ1) is 31.3. The molecular formula is C64H74N4. The number of rotatable bonds is 0. The monoisotopic (exact) mass is 899 g/mol. The molecule has 350 valence electrons. The zero-order chi connectivity index (χ0) is 48.9. The Morgan fingerprint density at radius 1 is 0.265 bits per heavy atom. The molecule has 68 heavy (non-hydrogen) atoms. The van der Waals surface area contributed by atoms with Crippen LogP contribution in [0.5, 0.6) is 0 Å². The number of hydrogen-bond donors (Lipinski definition) is 0. The second kappa shape index (κ2) is 12.5. The van der Waals surface area contributed by atoms with Gasteiger partial charge in [0.15, 0.2) is 0 Å². The van der Waals surface area contributed by atoms with Gasteiger partial charge < -0.3 is 0 Å². The van der Waals surface area contributed by atoms with E-state index in [0.29, 0.717) is 0 Å². The third kappa shape index (κ3) is 5.23. The average Bonchev–Trinajstić information content (AvgIpc) is 3.23.